The van der Waals surface area contributed by atoms with Crippen LogP contribution in [-0.2, 0) is 14.4 Å². The van der Waals surface area contributed by atoms with Crippen LogP contribution in [0.3, 0.4) is 0 Å². The zero-order valence-electron chi connectivity index (χ0n) is 15.8. The number of carboxylic acid groups (broad SMARTS) is 1. The molecule has 1 aliphatic rings. The van der Waals surface area contributed by atoms with Gasteiger partial charge in [0.25, 0.3) is 0 Å². The van der Waals surface area contributed by atoms with Gasteiger partial charge in [0.2, 0.25) is 11.8 Å². The second kappa shape index (κ2) is 10.5. The number of likely N-dealkylation sites (tertiary alicyclic amines) is 1. The minimum atomic E-state index is -1.01. The molecule has 146 valence electrons. The average molecular weight is 372 g/mol. The molecule has 6 heteroatoms. The van der Waals surface area contributed by atoms with Gasteiger partial charge in [-0.25, -0.2) is 0 Å². The highest BCUT2D eigenvalue weighted by Crippen LogP contribution is 2.18. The Bertz CT molecular complexity index is 672. The minimum Gasteiger partial charge on any atom is -0.480 e. The summed E-state index contributed by atoms with van der Waals surface area (Å²) in [5, 5.41) is 9.01. The first-order valence-corrected chi connectivity index (χ1v) is 9.45. The quantitative estimate of drug-likeness (QED) is 0.798. The summed E-state index contributed by atoms with van der Waals surface area (Å²) in [7, 11) is 0. The van der Waals surface area contributed by atoms with Crippen molar-refractivity contribution in [1.82, 2.24) is 9.80 Å². The van der Waals surface area contributed by atoms with Crippen LogP contribution in [0.15, 0.2) is 36.4 Å². The number of nitrogens with zero attached hydrogens (tertiary/aromatic N) is 2. The third kappa shape index (κ3) is 6.89. The molecule has 0 saturated carbocycles. The highest BCUT2D eigenvalue weighted by molar-refractivity contribution is 5.80. The maximum atomic E-state index is 12.5. The van der Waals surface area contributed by atoms with Crippen molar-refractivity contribution in [3.8, 4) is 0 Å². The lowest BCUT2D eigenvalue weighted by Gasteiger charge is -2.28. The summed E-state index contributed by atoms with van der Waals surface area (Å²) < 4.78 is 0. The summed E-state index contributed by atoms with van der Waals surface area (Å²) in [6.45, 7) is 2.35. The van der Waals surface area contributed by atoms with Crippen molar-refractivity contribution in [3.63, 3.8) is 0 Å². The summed E-state index contributed by atoms with van der Waals surface area (Å²) in [5.41, 5.74) is 1.12. The number of allylic oxidation sites excluding steroid dienone is 1. The number of carboxylic acids is 1. The lowest BCUT2D eigenvalue weighted by atomic mass is 10.1. The summed E-state index contributed by atoms with van der Waals surface area (Å²) in [5.74, 6) is -1.12. The van der Waals surface area contributed by atoms with Crippen LogP contribution in [-0.4, -0.2) is 58.4 Å². The van der Waals surface area contributed by atoms with E-state index in [4.69, 9.17) is 5.11 Å². The Labute approximate surface area is 160 Å². The van der Waals surface area contributed by atoms with Gasteiger partial charge in [-0.2, -0.15) is 0 Å². The normalized spacial score (nSPS) is 17.5. The Kier molecular flexibility index (Phi) is 8.04. The van der Waals surface area contributed by atoms with E-state index in [9.17, 15) is 14.4 Å². The molecule has 1 N–H and O–H groups in total. The summed E-state index contributed by atoms with van der Waals surface area (Å²) in [6, 6.07) is 9.85. The van der Waals surface area contributed by atoms with Crippen LogP contribution >= 0.6 is 0 Å². The lowest BCUT2D eigenvalue weighted by Crippen LogP contribution is -2.43. The minimum absolute atomic E-state index is 0.112. The molecule has 27 heavy (non-hydrogen) atoms. The third-order valence-electron chi connectivity index (χ3n) is 4.84. The number of hydrogen-bond acceptors (Lipinski definition) is 3. The molecule has 1 aromatic rings. The third-order valence-corrected chi connectivity index (χ3v) is 4.84. The van der Waals surface area contributed by atoms with Gasteiger partial charge in [-0.1, -0.05) is 42.5 Å². The van der Waals surface area contributed by atoms with E-state index in [-0.39, 0.29) is 24.4 Å². The molecule has 1 unspecified atom stereocenters. The molecule has 0 aliphatic carbocycles. The first-order valence-electron chi connectivity index (χ1n) is 9.45. The van der Waals surface area contributed by atoms with E-state index in [2.05, 4.69) is 0 Å². The fourth-order valence-corrected chi connectivity index (χ4v) is 3.43. The van der Waals surface area contributed by atoms with Crippen LogP contribution in [0.2, 0.25) is 0 Å². The van der Waals surface area contributed by atoms with Gasteiger partial charge in [0.05, 0.1) is 0 Å². The Balaban J connectivity index is 1.82. The van der Waals surface area contributed by atoms with Crippen molar-refractivity contribution in [2.75, 3.05) is 19.6 Å². The van der Waals surface area contributed by atoms with Crippen LogP contribution < -0.4 is 0 Å². The number of rotatable bonds is 7. The zero-order chi connectivity index (χ0) is 19.6. The Morgan fingerprint density at radius 3 is 2.59 bits per heavy atom. The monoisotopic (exact) mass is 372 g/mol. The predicted octanol–water partition coefficient (Wildman–Crippen LogP) is 2.79. The first-order chi connectivity index (χ1) is 13.0. The van der Waals surface area contributed by atoms with Gasteiger partial charge in [-0.15, -0.1) is 0 Å². The number of carbonyl (C=O) groups excluding carboxylic acids is 2. The highest BCUT2D eigenvalue weighted by Gasteiger charge is 2.27. The largest absolute Gasteiger partial charge is 0.480 e. The Morgan fingerprint density at radius 1 is 1.19 bits per heavy atom. The van der Waals surface area contributed by atoms with Gasteiger partial charge in [0.15, 0.2) is 0 Å². The lowest BCUT2D eigenvalue weighted by molar-refractivity contribution is -0.145. The predicted molar refractivity (Wildman–Crippen MR) is 104 cm³/mol. The number of hydrogen-bond donors (Lipinski definition) is 1. The zero-order valence-corrected chi connectivity index (χ0v) is 15.8. The van der Waals surface area contributed by atoms with Gasteiger partial charge in [-0.05, 0) is 31.2 Å². The molecule has 1 aliphatic heterocycles. The second-order valence-corrected chi connectivity index (χ2v) is 6.86. The highest BCUT2D eigenvalue weighted by atomic mass is 16.4. The van der Waals surface area contributed by atoms with E-state index in [1.807, 2.05) is 47.4 Å². The molecule has 1 heterocycles. The van der Waals surface area contributed by atoms with E-state index in [1.54, 1.807) is 0 Å². The van der Waals surface area contributed by atoms with Crippen LogP contribution in [0.4, 0.5) is 0 Å². The van der Waals surface area contributed by atoms with Crippen LogP contribution in [0, 0.1) is 0 Å². The van der Waals surface area contributed by atoms with Crippen LogP contribution in [0.25, 0.3) is 6.08 Å². The van der Waals surface area contributed by atoms with Crippen molar-refractivity contribution in [1.29, 1.82) is 0 Å². The van der Waals surface area contributed by atoms with E-state index >= 15 is 0 Å². The van der Waals surface area contributed by atoms with E-state index in [1.165, 1.54) is 11.8 Å². The van der Waals surface area contributed by atoms with Crippen LogP contribution in [0.5, 0.6) is 0 Å². The smallest absolute Gasteiger partial charge is 0.323 e. The fourth-order valence-electron chi connectivity index (χ4n) is 3.43. The number of amides is 2. The van der Waals surface area contributed by atoms with Crippen molar-refractivity contribution in [3.05, 3.63) is 42.0 Å². The molecule has 2 amide bonds. The second-order valence-electron chi connectivity index (χ2n) is 6.86. The molecular formula is C21H28N2O4. The first kappa shape index (κ1) is 20.7. The molecule has 1 atom stereocenters. The molecule has 0 bridgehead atoms. The Hall–Kier alpha value is -2.63. The molecule has 1 fully saturated rings. The summed E-state index contributed by atoms with van der Waals surface area (Å²) in [6.07, 6.45) is 7.30. The molecule has 0 spiro atoms. The maximum absolute atomic E-state index is 12.5. The molecule has 0 aromatic heterocycles. The van der Waals surface area contributed by atoms with Crippen LogP contribution in [0.1, 0.15) is 44.6 Å². The SMILES string of the molecule is CC(=O)N(CC(=O)O)C1CCCN(C(=O)CC/C=C/c2ccccc2)CC1. The summed E-state index contributed by atoms with van der Waals surface area (Å²) in [4.78, 5) is 38.5. The maximum Gasteiger partial charge on any atom is 0.323 e. The van der Waals surface area contributed by atoms with Crippen molar-refractivity contribution >= 4 is 23.9 Å². The van der Waals surface area contributed by atoms with Gasteiger partial charge in [-0.3, -0.25) is 14.4 Å². The van der Waals surface area contributed by atoms with Gasteiger partial charge in [0, 0.05) is 32.5 Å². The van der Waals surface area contributed by atoms with Crippen molar-refractivity contribution in [2.24, 2.45) is 0 Å². The van der Waals surface area contributed by atoms with Gasteiger partial charge < -0.3 is 14.9 Å². The Morgan fingerprint density at radius 2 is 1.93 bits per heavy atom. The van der Waals surface area contributed by atoms with Crippen molar-refractivity contribution in [2.45, 2.75) is 45.1 Å². The molecule has 1 aromatic carbocycles. The fraction of sp³-hybridized carbons (Fsp3) is 0.476. The molecule has 0 radical (unpaired) electrons. The summed E-state index contributed by atoms with van der Waals surface area (Å²) >= 11 is 0. The standard InChI is InChI=1S/C21H28N2O4/c1-17(24)23(16-21(26)27)19-11-7-14-22(15-13-19)20(25)12-6-5-10-18-8-3-2-4-9-18/h2-5,8-10,19H,6-7,11-16H2,1H3,(H,26,27)/b10-5+. The molecule has 1 saturated heterocycles. The molecule has 6 nitrogen and oxygen atoms in total. The van der Waals surface area contributed by atoms with E-state index < -0.39 is 5.97 Å². The van der Waals surface area contributed by atoms with E-state index in [0.717, 1.165) is 18.4 Å². The number of benzene rings is 1. The molecular weight excluding hydrogens is 344 g/mol. The van der Waals surface area contributed by atoms with Gasteiger partial charge >= 0.3 is 5.97 Å². The number of carbonyl (C=O) groups is 3. The van der Waals surface area contributed by atoms with Crippen molar-refractivity contribution < 1.29 is 19.5 Å². The molecule has 2 rings (SSSR count). The average Bonchev–Trinajstić information content (AvgIpc) is 2.90. The number of aliphatic carboxylic acids is 1. The van der Waals surface area contributed by atoms with E-state index in [0.29, 0.717) is 32.4 Å². The van der Waals surface area contributed by atoms with Gasteiger partial charge in [0.1, 0.15) is 6.54 Å². The topological polar surface area (TPSA) is 77.9 Å².